The number of nitrogens with one attached hydrogen (secondary N) is 2. The summed E-state index contributed by atoms with van der Waals surface area (Å²) in [4.78, 5) is 25.5. The van der Waals surface area contributed by atoms with E-state index in [-0.39, 0.29) is 5.91 Å². The highest BCUT2D eigenvalue weighted by atomic mass is 16.5. The zero-order valence-electron chi connectivity index (χ0n) is 15.6. The molecule has 3 aromatic carbocycles. The summed E-state index contributed by atoms with van der Waals surface area (Å²) in [7, 11) is 0. The number of benzene rings is 3. The van der Waals surface area contributed by atoms with Crippen molar-refractivity contribution in [2.24, 2.45) is 0 Å². The van der Waals surface area contributed by atoms with Crippen LogP contribution in [-0.2, 0) is 4.79 Å². The lowest BCUT2D eigenvalue weighted by molar-refractivity contribution is -0.122. The van der Waals surface area contributed by atoms with Gasteiger partial charge in [0.1, 0.15) is 5.75 Å². The SMILES string of the molecule is CCOc1ccccc1C(=O)NNC(=O)C(c1ccccc1)c1ccccc1. The number of carbonyl (C=O) groups excluding carboxylic acids is 2. The molecule has 3 rings (SSSR count). The fourth-order valence-corrected chi connectivity index (χ4v) is 2.98. The molecule has 0 bridgehead atoms. The van der Waals surface area contributed by atoms with Crippen molar-refractivity contribution in [3.05, 3.63) is 102 Å². The molecule has 0 aromatic heterocycles. The van der Waals surface area contributed by atoms with Gasteiger partial charge in [-0.2, -0.15) is 0 Å². The van der Waals surface area contributed by atoms with Gasteiger partial charge in [0, 0.05) is 0 Å². The number of rotatable bonds is 6. The van der Waals surface area contributed by atoms with Crippen LogP contribution in [0.3, 0.4) is 0 Å². The summed E-state index contributed by atoms with van der Waals surface area (Å²) in [5, 5.41) is 0. The Morgan fingerprint density at radius 1 is 0.786 bits per heavy atom. The molecule has 2 N–H and O–H groups in total. The summed E-state index contributed by atoms with van der Waals surface area (Å²) in [5.74, 6) is -0.818. The highest BCUT2D eigenvalue weighted by molar-refractivity contribution is 5.98. The van der Waals surface area contributed by atoms with Gasteiger partial charge in [0.25, 0.3) is 5.91 Å². The largest absolute Gasteiger partial charge is 0.493 e. The van der Waals surface area contributed by atoms with Crippen LogP contribution in [0.25, 0.3) is 0 Å². The summed E-state index contributed by atoms with van der Waals surface area (Å²) in [6.07, 6.45) is 0. The molecular formula is C23H22N2O3. The van der Waals surface area contributed by atoms with Crippen molar-refractivity contribution in [3.8, 4) is 5.75 Å². The lowest BCUT2D eigenvalue weighted by Gasteiger charge is -2.18. The van der Waals surface area contributed by atoms with Gasteiger partial charge in [-0.1, -0.05) is 72.8 Å². The predicted octanol–water partition coefficient (Wildman–Crippen LogP) is 3.68. The Morgan fingerprint density at radius 2 is 1.32 bits per heavy atom. The molecule has 0 fully saturated rings. The topological polar surface area (TPSA) is 67.4 Å². The molecule has 0 unspecified atom stereocenters. The second-order valence-electron chi connectivity index (χ2n) is 6.13. The standard InChI is InChI=1S/C23H22N2O3/c1-2-28-20-16-10-9-15-19(20)22(26)24-25-23(27)21(17-11-5-3-6-12-17)18-13-7-4-8-14-18/h3-16,21H,2H2,1H3,(H,24,26)(H,25,27). The minimum Gasteiger partial charge on any atom is -0.493 e. The normalized spacial score (nSPS) is 10.4. The van der Waals surface area contributed by atoms with Crippen LogP contribution in [0, 0.1) is 0 Å². The molecular weight excluding hydrogens is 352 g/mol. The Hall–Kier alpha value is -3.60. The second kappa shape index (κ2) is 9.37. The van der Waals surface area contributed by atoms with Gasteiger partial charge >= 0.3 is 0 Å². The molecule has 0 radical (unpaired) electrons. The van der Waals surface area contributed by atoms with Crippen molar-refractivity contribution in [2.75, 3.05) is 6.61 Å². The average Bonchev–Trinajstić information content (AvgIpc) is 2.74. The monoisotopic (exact) mass is 374 g/mol. The van der Waals surface area contributed by atoms with E-state index in [1.165, 1.54) is 0 Å². The van der Waals surface area contributed by atoms with Gasteiger partial charge in [0.15, 0.2) is 0 Å². The molecule has 142 valence electrons. The van der Waals surface area contributed by atoms with Crippen LogP contribution in [0.5, 0.6) is 5.75 Å². The third kappa shape index (κ3) is 4.57. The molecule has 0 saturated heterocycles. The number of carbonyl (C=O) groups is 2. The van der Waals surface area contributed by atoms with Crippen LogP contribution in [0.2, 0.25) is 0 Å². The van der Waals surface area contributed by atoms with E-state index in [1.54, 1.807) is 24.3 Å². The average molecular weight is 374 g/mol. The Balaban J connectivity index is 1.77. The van der Waals surface area contributed by atoms with Crippen molar-refractivity contribution in [1.29, 1.82) is 0 Å². The first-order valence-electron chi connectivity index (χ1n) is 9.12. The number of para-hydroxylation sites is 1. The van der Waals surface area contributed by atoms with Crippen molar-refractivity contribution >= 4 is 11.8 Å². The summed E-state index contributed by atoms with van der Waals surface area (Å²) in [6.45, 7) is 2.29. The van der Waals surface area contributed by atoms with Crippen molar-refractivity contribution in [1.82, 2.24) is 10.9 Å². The van der Waals surface area contributed by atoms with Crippen LogP contribution < -0.4 is 15.6 Å². The van der Waals surface area contributed by atoms with Crippen molar-refractivity contribution in [3.63, 3.8) is 0 Å². The molecule has 0 spiro atoms. The maximum Gasteiger partial charge on any atom is 0.273 e. The van der Waals surface area contributed by atoms with E-state index < -0.39 is 11.8 Å². The van der Waals surface area contributed by atoms with Crippen LogP contribution in [0.1, 0.15) is 34.3 Å². The molecule has 28 heavy (non-hydrogen) atoms. The summed E-state index contributed by atoms with van der Waals surface area (Å²) in [5.41, 5.74) is 7.10. The fourth-order valence-electron chi connectivity index (χ4n) is 2.98. The van der Waals surface area contributed by atoms with Gasteiger partial charge in [0.05, 0.1) is 18.1 Å². The molecule has 0 saturated carbocycles. The number of amides is 2. The number of hydrogen-bond acceptors (Lipinski definition) is 3. The van der Waals surface area contributed by atoms with Gasteiger partial charge in [0.2, 0.25) is 5.91 Å². The van der Waals surface area contributed by atoms with Crippen LogP contribution in [0.15, 0.2) is 84.9 Å². The van der Waals surface area contributed by atoms with Gasteiger partial charge in [-0.15, -0.1) is 0 Å². The first-order valence-corrected chi connectivity index (χ1v) is 9.12. The van der Waals surface area contributed by atoms with E-state index in [0.717, 1.165) is 11.1 Å². The third-order valence-corrected chi connectivity index (χ3v) is 4.26. The number of hydrogen-bond donors (Lipinski definition) is 2. The molecule has 0 heterocycles. The third-order valence-electron chi connectivity index (χ3n) is 4.26. The van der Waals surface area contributed by atoms with Crippen molar-refractivity contribution in [2.45, 2.75) is 12.8 Å². The van der Waals surface area contributed by atoms with E-state index in [0.29, 0.717) is 17.9 Å². The summed E-state index contributed by atoms with van der Waals surface area (Å²) >= 11 is 0. The Labute approximate surface area is 164 Å². The number of hydrazine groups is 1. The van der Waals surface area contributed by atoms with Crippen LogP contribution in [-0.4, -0.2) is 18.4 Å². The van der Waals surface area contributed by atoms with Crippen molar-refractivity contribution < 1.29 is 14.3 Å². The predicted molar refractivity (Wildman–Crippen MR) is 108 cm³/mol. The van der Waals surface area contributed by atoms with E-state index in [9.17, 15) is 9.59 Å². The molecule has 5 heteroatoms. The van der Waals surface area contributed by atoms with Crippen LogP contribution >= 0.6 is 0 Å². The zero-order chi connectivity index (χ0) is 19.8. The maximum atomic E-state index is 12.9. The summed E-state index contributed by atoms with van der Waals surface area (Å²) < 4.78 is 5.48. The zero-order valence-corrected chi connectivity index (χ0v) is 15.6. The molecule has 3 aromatic rings. The first kappa shape index (κ1) is 19.2. The van der Waals surface area contributed by atoms with E-state index in [2.05, 4.69) is 10.9 Å². The van der Waals surface area contributed by atoms with E-state index >= 15 is 0 Å². The highest BCUT2D eigenvalue weighted by Crippen LogP contribution is 2.24. The molecule has 2 amide bonds. The van der Waals surface area contributed by atoms with Crippen LogP contribution in [0.4, 0.5) is 0 Å². The Bertz CT molecular complexity index is 887. The molecule has 0 atom stereocenters. The molecule has 0 aliphatic carbocycles. The quantitative estimate of drug-likeness (QED) is 0.647. The Kier molecular flexibility index (Phi) is 6.41. The fraction of sp³-hybridized carbons (Fsp3) is 0.130. The van der Waals surface area contributed by atoms with Gasteiger partial charge in [-0.25, -0.2) is 0 Å². The second-order valence-corrected chi connectivity index (χ2v) is 6.13. The minimum atomic E-state index is -0.537. The molecule has 5 nitrogen and oxygen atoms in total. The summed E-state index contributed by atoms with van der Waals surface area (Å²) in [6, 6.07) is 25.8. The first-order chi connectivity index (χ1) is 13.7. The lowest BCUT2D eigenvalue weighted by atomic mass is 9.91. The number of ether oxygens (including phenoxy) is 1. The minimum absolute atomic E-state index is 0.320. The van der Waals surface area contributed by atoms with E-state index in [1.807, 2.05) is 67.6 Å². The lowest BCUT2D eigenvalue weighted by Crippen LogP contribution is -2.44. The van der Waals surface area contributed by atoms with Gasteiger partial charge in [-0.05, 0) is 30.2 Å². The maximum absolute atomic E-state index is 12.9. The smallest absolute Gasteiger partial charge is 0.273 e. The highest BCUT2D eigenvalue weighted by Gasteiger charge is 2.23. The Morgan fingerprint density at radius 3 is 1.89 bits per heavy atom. The molecule has 0 aliphatic heterocycles. The van der Waals surface area contributed by atoms with E-state index in [4.69, 9.17) is 4.74 Å². The van der Waals surface area contributed by atoms with Gasteiger partial charge in [-0.3, -0.25) is 20.4 Å². The van der Waals surface area contributed by atoms with Gasteiger partial charge < -0.3 is 4.74 Å². The molecule has 0 aliphatic rings.